The first kappa shape index (κ1) is 18.9. The van der Waals surface area contributed by atoms with Crippen LogP contribution in [-0.2, 0) is 19.1 Å². The van der Waals surface area contributed by atoms with Crippen molar-refractivity contribution in [3.63, 3.8) is 0 Å². The Kier molecular flexibility index (Phi) is 6.08. The third kappa shape index (κ3) is 4.33. The number of ketones is 1. The van der Waals surface area contributed by atoms with E-state index >= 15 is 0 Å². The molecule has 2 heterocycles. The Morgan fingerprint density at radius 3 is 2.68 bits per heavy atom. The molecule has 2 rings (SSSR count). The number of nitrogens with one attached hydrogen (secondary N) is 1. The van der Waals surface area contributed by atoms with Gasteiger partial charge in [0.05, 0.1) is 12.6 Å². The van der Waals surface area contributed by atoms with Gasteiger partial charge >= 0.3 is 5.97 Å². The maximum Gasteiger partial charge on any atom is 0.354 e. The number of hydrogen-bond donors (Lipinski definition) is 1. The summed E-state index contributed by atoms with van der Waals surface area (Å²) in [5.41, 5.74) is 4.61. The number of aryl methyl sites for hydroxylation is 1. The fraction of sp³-hybridized carbons (Fsp3) is 0.529. The molecule has 0 aliphatic carbocycles. The van der Waals surface area contributed by atoms with Crippen molar-refractivity contribution in [3.8, 4) is 0 Å². The van der Waals surface area contributed by atoms with Gasteiger partial charge in [-0.3, -0.25) is 9.59 Å². The molecule has 136 valence electrons. The third-order valence-corrected chi connectivity index (χ3v) is 4.11. The van der Waals surface area contributed by atoms with Gasteiger partial charge in [0.25, 0.3) is 0 Å². The van der Waals surface area contributed by atoms with Crippen LogP contribution in [0.1, 0.15) is 47.6 Å². The number of rotatable bonds is 7. The van der Waals surface area contributed by atoms with Crippen molar-refractivity contribution in [3.05, 3.63) is 23.0 Å². The van der Waals surface area contributed by atoms with Gasteiger partial charge in [0.15, 0.2) is 6.61 Å². The van der Waals surface area contributed by atoms with Crippen LogP contribution in [0.5, 0.6) is 0 Å². The quantitative estimate of drug-likeness (QED) is 0.591. The highest BCUT2D eigenvalue weighted by Crippen LogP contribution is 2.21. The van der Waals surface area contributed by atoms with Crippen LogP contribution in [0.2, 0.25) is 0 Å². The molecule has 8 nitrogen and oxygen atoms in total. The summed E-state index contributed by atoms with van der Waals surface area (Å²) in [6.07, 6.45) is 0.391. The number of esters is 1. The molecule has 0 fully saturated rings. The second-order valence-corrected chi connectivity index (χ2v) is 6.05. The van der Waals surface area contributed by atoms with Gasteiger partial charge in [0, 0.05) is 36.9 Å². The maximum absolute atomic E-state index is 12.4. The molecule has 0 saturated heterocycles. The predicted molar refractivity (Wildman–Crippen MR) is 90.6 cm³/mol. The average molecular weight is 349 g/mol. The number of hydrogen-bond acceptors (Lipinski definition) is 6. The lowest BCUT2D eigenvalue weighted by molar-refractivity contribution is -0.134. The van der Waals surface area contributed by atoms with E-state index in [0.717, 1.165) is 11.4 Å². The lowest BCUT2D eigenvalue weighted by Gasteiger charge is -2.17. The van der Waals surface area contributed by atoms with E-state index in [0.29, 0.717) is 12.2 Å². The van der Waals surface area contributed by atoms with Gasteiger partial charge in [-0.15, -0.1) is 0 Å². The molecule has 0 aromatic carbocycles. The van der Waals surface area contributed by atoms with Crippen LogP contribution in [0.25, 0.3) is 0 Å². The number of aromatic nitrogens is 1. The van der Waals surface area contributed by atoms with E-state index in [1.54, 1.807) is 13.2 Å². The molecule has 1 atom stereocenters. The van der Waals surface area contributed by atoms with E-state index in [1.165, 1.54) is 0 Å². The molecule has 8 heteroatoms. The molecule has 1 N–H and O–H groups in total. The van der Waals surface area contributed by atoms with Gasteiger partial charge in [0.1, 0.15) is 5.71 Å². The van der Waals surface area contributed by atoms with Crippen molar-refractivity contribution in [2.24, 2.45) is 5.10 Å². The third-order valence-electron chi connectivity index (χ3n) is 4.11. The molecule has 1 aliphatic heterocycles. The lowest BCUT2D eigenvalue weighted by Crippen LogP contribution is -2.31. The van der Waals surface area contributed by atoms with Crippen molar-refractivity contribution in [1.29, 1.82) is 0 Å². The van der Waals surface area contributed by atoms with Crippen LogP contribution in [0.15, 0.2) is 11.2 Å². The Morgan fingerprint density at radius 1 is 1.36 bits per heavy atom. The molecule has 0 unspecified atom stereocenters. The van der Waals surface area contributed by atoms with Gasteiger partial charge < -0.3 is 14.0 Å². The summed E-state index contributed by atoms with van der Waals surface area (Å²) in [7, 11) is 1.63. The number of nitrogens with zero attached hydrogens (tertiary/aromatic N) is 2. The van der Waals surface area contributed by atoms with Crippen molar-refractivity contribution < 1.29 is 23.9 Å². The molecule has 1 aromatic heterocycles. The van der Waals surface area contributed by atoms with Gasteiger partial charge in [-0.05, 0) is 26.8 Å². The Balaban J connectivity index is 2.03. The minimum absolute atomic E-state index is 0.0920. The number of methoxy groups -OCH3 is 1. The zero-order chi connectivity index (χ0) is 18.6. The van der Waals surface area contributed by atoms with E-state index in [-0.39, 0.29) is 42.9 Å². The summed E-state index contributed by atoms with van der Waals surface area (Å²) in [6, 6.07) is 1.88. The minimum Gasteiger partial charge on any atom is -0.453 e. The highest BCUT2D eigenvalue weighted by Gasteiger charge is 2.23. The Hall–Kier alpha value is -2.48. The second-order valence-electron chi connectivity index (χ2n) is 6.05. The summed E-state index contributed by atoms with van der Waals surface area (Å²) in [5.74, 6) is -1.21. The number of hydrazone groups is 1. The Bertz CT molecular complexity index is 720. The topological polar surface area (TPSA) is 99.0 Å². The number of ether oxygens (including phenoxy) is 2. The summed E-state index contributed by atoms with van der Waals surface area (Å²) >= 11 is 0. The molecule has 0 spiro atoms. The zero-order valence-electron chi connectivity index (χ0n) is 14.9. The Morgan fingerprint density at radius 2 is 2.08 bits per heavy atom. The van der Waals surface area contributed by atoms with Crippen LogP contribution in [0, 0.1) is 13.8 Å². The van der Waals surface area contributed by atoms with Crippen molar-refractivity contribution in [2.75, 3.05) is 20.3 Å². The SMILES string of the molecule is COC[C@@H](C)n1c(C)cc(C(=O)COC(=O)C2=NNC(=O)CC2)c1C. The standard InChI is InChI=1S/C17H23N3O5/c1-10-7-13(12(3)20(10)11(2)8-24-4)15(21)9-25-17(23)14-5-6-16(22)19-18-14/h7,11H,5-6,8-9H2,1-4H3,(H,19,22)/t11-/m1/s1. The zero-order valence-corrected chi connectivity index (χ0v) is 14.9. The Labute approximate surface area is 146 Å². The van der Waals surface area contributed by atoms with Gasteiger partial charge in [-0.2, -0.15) is 5.10 Å². The number of carbonyl (C=O) groups excluding carboxylic acids is 3. The molecule has 0 bridgehead atoms. The number of Topliss-reactive ketones (excluding diaryl/α,β-unsaturated/α-hetero) is 1. The van der Waals surface area contributed by atoms with E-state index in [1.807, 2.05) is 25.3 Å². The van der Waals surface area contributed by atoms with Crippen LogP contribution in [-0.4, -0.2) is 48.3 Å². The smallest absolute Gasteiger partial charge is 0.354 e. The van der Waals surface area contributed by atoms with E-state index in [2.05, 4.69) is 10.5 Å². The number of carbonyl (C=O) groups is 3. The lowest BCUT2D eigenvalue weighted by atomic mass is 10.1. The highest BCUT2D eigenvalue weighted by atomic mass is 16.5. The fourth-order valence-electron chi connectivity index (χ4n) is 2.97. The molecular formula is C17H23N3O5. The normalized spacial score (nSPS) is 15.4. The first-order chi connectivity index (χ1) is 11.8. The second kappa shape index (κ2) is 8.06. The molecule has 0 saturated carbocycles. The van der Waals surface area contributed by atoms with Crippen LogP contribution < -0.4 is 5.43 Å². The van der Waals surface area contributed by atoms with Crippen molar-refractivity contribution >= 4 is 23.4 Å². The predicted octanol–water partition coefficient (Wildman–Crippen LogP) is 1.30. The molecule has 0 radical (unpaired) electrons. The first-order valence-corrected chi connectivity index (χ1v) is 8.08. The van der Waals surface area contributed by atoms with E-state index in [9.17, 15) is 14.4 Å². The van der Waals surface area contributed by atoms with Crippen molar-refractivity contribution in [1.82, 2.24) is 9.99 Å². The summed E-state index contributed by atoms with van der Waals surface area (Å²) in [6.45, 7) is 5.95. The molecular weight excluding hydrogens is 326 g/mol. The monoisotopic (exact) mass is 349 g/mol. The molecule has 1 aromatic rings. The van der Waals surface area contributed by atoms with Crippen LogP contribution in [0.3, 0.4) is 0 Å². The summed E-state index contributed by atoms with van der Waals surface area (Å²) in [5, 5.41) is 3.65. The average Bonchev–Trinajstić information content (AvgIpc) is 2.88. The molecule has 1 aliphatic rings. The van der Waals surface area contributed by atoms with Gasteiger partial charge in [-0.25, -0.2) is 10.2 Å². The first-order valence-electron chi connectivity index (χ1n) is 8.08. The van der Waals surface area contributed by atoms with Gasteiger partial charge in [-0.1, -0.05) is 0 Å². The fourth-order valence-corrected chi connectivity index (χ4v) is 2.97. The number of amides is 1. The van der Waals surface area contributed by atoms with Crippen LogP contribution >= 0.6 is 0 Å². The molecule has 25 heavy (non-hydrogen) atoms. The largest absolute Gasteiger partial charge is 0.453 e. The van der Waals surface area contributed by atoms with E-state index in [4.69, 9.17) is 9.47 Å². The summed E-state index contributed by atoms with van der Waals surface area (Å²) in [4.78, 5) is 35.4. The van der Waals surface area contributed by atoms with Gasteiger partial charge in [0.2, 0.25) is 11.7 Å². The van der Waals surface area contributed by atoms with Crippen LogP contribution in [0.4, 0.5) is 0 Å². The molecule has 1 amide bonds. The maximum atomic E-state index is 12.4. The minimum atomic E-state index is -0.685. The van der Waals surface area contributed by atoms with E-state index < -0.39 is 5.97 Å². The summed E-state index contributed by atoms with van der Waals surface area (Å²) < 4.78 is 12.2. The highest BCUT2D eigenvalue weighted by molar-refractivity contribution is 6.37. The van der Waals surface area contributed by atoms with Crippen molar-refractivity contribution in [2.45, 2.75) is 39.7 Å².